The maximum atomic E-state index is 12.0. The van der Waals surface area contributed by atoms with E-state index in [1.165, 1.54) is 11.1 Å². The van der Waals surface area contributed by atoms with Gasteiger partial charge in [0.1, 0.15) is 5.75 Å². The van der Waals surface area contributed by atoms with Gasteiger partial charge in [-0.1, -0.05) is 23.8 Å². The van der Waals surface area contributed by atoms with E-state index in [0.717, 1.165) is 9.13 Å². The number of amides is 1. The summed E-state index contributed by atoms with van der Waals surface area (Å²) >= 11 is 2.23. The second kappa shape index (κ2) is 7.63. The molecule has 0 unspecified atom stereocenters. The summed E-state index contributed by atoms with van der Waals surface area (Å²) in [5.74, 6) is 0.584. The molecule has 0 saturated carbocycles. The highest BCUT2D eigenvalue weighted by Gasteiger charge is 2.12. The minimum atomic E-state index is -0.119. The van der Waals surface area contributed by atoms with E-state index < -0.39 is 0 Å². The van der Waals surface area contributed by atoms with E-state index in [1.807, 2.05) is 31.2 Å². The molecule has 2 rings (SSSR count). The summed E-state index contributed by atoms with van der Waals surface area (Å²) in [4.78, 5) is 12.0. The van der Waals surface area contributed by atoms with E-state index in [4.69, 9.17) is 4.74 Å². The molecule has 0 radical (unpaired) electrons. The van der Waals surface area contributed by atoms with Gasteiger partial charge in [0.15, 0.2) is 6.61 Å². The van der Waals surface area contributed by atoms with Crippen LogP contribution >= 0.6 is 22.6 Å². The highest BCUT2D eigenvalue weighted by atomic mass is 127. The largest absolute Gasteiger partial charge is 0.484 e. The van der Waals surface area contributed by atoms with Crippen LogP contribution in [0.2, 0.25) is 0 Å². The van der Waals surface area contributed by atoms with Gasteiger partial charge in [0, 0.05) is 3.57 Å². The summed E-state index contributed by atoms with van der Waals surface area (Å²) in [6, 6.07) is 13.8. The number of hydrogen-bond donors (Lipinski definition) is 1. The highest BCUT2D eigenvalue weighted by molar-refractivity contribution is 14.1. The Morgan fingerprint density at radius 1 is 1.18 bits per heavy atom. The zero-order valence-corrected chi connectivity index (χ0v) is 15.2. The molecule has 0 bridgehead atoms. The first kappa shape index (κ1) is 16.8. The Labute approximate surface area is 145 Å². The fourth-order valence-electron chi connectivity index (χ4n) is 2.35. The van der Waals surface area contributed by atoms with Gasteiger partial charge in [-0.15, -0.1) is 0 Å². The van der Waals surface area contributed by atoms with E-state index >= 15 is 0 Å². The molecular formula is C18H20INO2. The van der Waals surface area contributed by atoms with Crippen molar-refractivity contribution in [1.29, 1.82) is 0 Å². The molecule has 0 fully saturated rings. The van der Waals surface area contributed by atoms with Gasteiger partial charge in [-0.25, -0.2) is 0 Å². The predicted octanol–water partition coefficient (Wildman–Crippen LogP) is 4.16. The van der Waals surface area contributed by atoms with E-state index in [0.29, 0.717) is 5.75 Å². The Balaban J connectivity index is 1.89. The summed E-state index contributed by atoms with van der Waals surface area (Å²) in [6.07, 6.45) is 0. The summed E-state index contributed by atoms with van der Waals surface area (Å²) in [5.41, 5.74) is 3.54. The highest BCUT2D eigenvalue weighted by Crippen LogP contribution is 2.18. The third-order valence-corrected chi connectivity index (χ3v) is 4.17. The molecule has 22 heavy (non-hydrogen) atoms. The SMILES string of the molecule is Cc1ccc([C@@H](C)NC(=O)COc2ccc(I)cc2)c(C)c1. The van der Waals surface area contributed by atoms with Crippen LogP contribution < -0.4 is 10.1 Å². The summed E-state index contributed by atoms with van der Waals surface area (Å²) in [6.45, 7) is 6.14. The van der Waals surface area contributed by atoms with Crippen molar-refractivity contribution in [1.82, 2.24) is 5.32 Å². The van der Waals surface area contributed by atoms with Gasteiger partial charge in [0.05, 0.1) is 6.04 Å². The Morgan fingerprint density at radius 2 is 1.86 bits per heavy atom. The van der Waals surface area contributed by atoms with Gasteiger partial charge in [-0.3, -0.25) is 4.79 Å². The smallest absolute Gasteiger partial charge is 0.258 e. The molecule has 0 aromatic heterocycles. The summed E-state index contributed by atoms with van der Waals surface area (Å²) < 4.78 is 6.63. The average Bonchev–Trinajstić information content (AvgIpc) is 2.46. The predicted molar refractivity (Wildman–Crippen MR) is 97.1 cm³/mol. The van der Waals surface area contributed by atoms with Gasteiger partial charge < -0.3 is 10.1 Å². The van der Waals surface area contributed by atoms with Crippen molar-refractivity contribution in [2.75, 3.05) is 6.61 Å². The molecule has 0 aliphatic carbocycles. The number of ether oxygens (including phenoxy) is 1. The zero-order valence-electron chi connectivity index (χ0n) is 13.0. The molecule has 0 aliphatic heterocycles. The summed E-state index contributed by atoms with van der Waals surface area (Å²) in [5, 5.41) is 2.97. The third-order valence-electron chi connectivity index (χ3n) is 3.45. The molecule has 1 atom stereocenters. The van der Waals surface area contributed by atoms with Gasteiger partial charge in [0.2, 0.25) is 0 Å². The average molecular weight is 409 g/mol. The van der Waals surface area contributed by atoms with Crippen molar-refractivity contribution < 1.29 is 9.53 Å². The van der Waals surface area contributed by atoms with Crippen LogP contribution in [0.3, 0.4) is 0 Å². The molecule has 0 spiro atoms. The van der Waals surface area contributed by atoms with E-state index in [-0.39, 0.29) is 18.6 Å². The third kappa shape index (κ3) is 4.73. The molecular weight excluding hydrogens is 389 g/mol. The van der Waals surface area contributed by atoms with E-state index in [2.05, 4.69) is 60.0 Å². The lowest BCUT2D eigenvalue weighted by Crippen LogP contribution is -2.31. The fourth-order valence-corrected chi connectivity index (χ4v) is 2.71. The first-order valence-electron chi connectivity index (χ1n) is 7.20. The lowest BCUT2D eigenvalue weighted by Gasteiger charge is -2.17. The van der Waals surface area contributed by atoms with Crippen molar-refractivity contribution in [3.63, 3.8) is 0 Å². The van der Waals surface area contributed by atoms with Crippen LogP contribution in [0.1, 0.15) is 29.7 Å². The van der Waals surface area contributed by atoms with Crippen LogP contribution in [0.15, 0.2) is 42.5 Å². The van der Waals surface area contributed by atoms with Crippen LogP contribution in [0.5, 0.6) is 5.75 Å². The molecule has 1 amide bonds. The second-order valence-corrected chi connectivity index (χ2v) is 6.64. The molecule has 4 heteroatoms. The number of aryl methyl sites for hydroxylation is 2. The quantitative estimate of drug-likeness (QED) is 0.754. The number of carbonyl (C=O) groups is 1. The number of rotatable bonds is 5. The van der Waals surface area contributed by atoms with Crippen LogP contribution in [0.25, 0.3) is 0 Å². The molecule has 2 aromatic rings. The molecule has 1 N–H and O–H groups in total. The van der Waals surface area contributed by atoms with Crippen molar-refractivity contribution in [2.24, 2.45) is 0 Å². The number of benzene rings is 2. The normalized spacial score (nSPS) is 11.8. The molecule has 0 aliphatic rings. The molecule has 116 valence electrons. The first-order chi connectivity index (χ1) is 10.5. The second-order valence-electron chi connectivity index (χ2n) is 5.39. The Morgan fingerprint density at radius 3 is 2.50 bits per heavy atom. The standard InChI is InChI=1S/C18H20INO2/c1-12-4-9-17(13(2)10-12)14(3)20-18(21)11-22-16-7-5-15(19)6-8-16/h4-10,14H,11H2,1-3H3,(H,20,21)/t14-/m1/s1. The van der Waals surface area contributed by atoms with Gasteiger partial charge in [-0.2, -0.15) is 0 Å². The monoisotopic (exact) mass is 409 g/mol. The minimum Gasteiger partial charge on any atom is -0.484 e. The van der Waals surface area contributed by atoms with Gasteiger partial charge in [0.25, 0.3) is 5.91 Å². The van der Waals surface area contributed by atoms with Crippen molar-refractivity contribution in [3.8, 4) is 5.75 Å². The Kier molecular flexibility index (Phi) is 5.83. The molecule has 3 nitrogen and oxygen atoms in total. The van der Waals surface area contributed by atoms with Crippen LogP contribution in [0.4, 0.5) is 0 Å². The number of halogens is 1. The number of carbonyl (C=O) groups excluding carboxylic acids is 1. The van der Waals surface area contributed by atoms with Gasteiger partial charge in [-0.05, 0) is 78.8 Å². The fraction of sp³-hybridized carbons (Fsp3) is 0.278. The molecule has 2 aromatic carbocycles. The van der Waals surface area contributed by atoms with Crippen molar-refractivity contribution in [3.05, 3.63) is 62.7 Å². The van der Waals surface area contributed by atoms with Crippen LogP contribution in [-0.4, -0.2) is 12.5 Å². The minimum absolute atomic E-state index is 0.0237. The topological polar surface area (TPSA) is 38.3 Å². The van der Waals surface area contributed by atoms with Gasteiger partial charge >= 0.3 is 0 Å². The summed E-state index contributed by atoms with van der Waals surface area (Å²) in [7, 11) is 0. The number of hydrogen-bond acceptors (Lipinski definition) is 2. The first-order valence-corrected chi connectivity index (χ1v) is 8.28. The van der Waals surface area contributed by atoms with E-state index in [1.54, 1.807) is 0 Å². The zero-order chi connectivity index (χ0) is 16.1. The lowest BCUT2D eigenvalue weighted by molar-refractivity contribution is -0.123. The Bertz CT molecular complexity index is 653. The molecule has 0 saturated heterocycles. The Hall–Kier alpha value is -1.56. The maximum Gasteiger partial charge on any atom is 0.258 e. The van der Waals surface area contributed by atoms with Crippen LogP contribution in [0, 0.1) is 17.4 Å². The van der Waals surface area contributed by atoms with Crippen molar-refractivity contribution in [2.45, 2.75) is 26.8 Å². The molecule has 0 heterocycles. The maximum absolute atomic E-state index is 12.0. The van der Waals surface area contributed by atoms with Crippen LogP contribution in [-0.2, 0) is 4.79 Å². The van der Waals surface area contributed by atoms with Crippen molar-refractivity contribution >= 4 is 28.5 Å². The number of nitrogens with one attached hydrogen (secondary N) is 1. The lowest BCUT2D eigenvalue weighted by atomic mass is 10.0. The van der Waals surface area contributed by atoms with E-state index in [9.17, 15) is 4.79 Å².